The van der Waals surface area contributed by atoms with E-state index >= 15 is 0 Å². The van der Waals surface area contributed by atoms with Crippen molar-refractivity contribution in [3.05, 3.63) is 54.6 Å². The van der Waals surface area contributed by atoms with E-state index in [2.05, 4.69) is 40.7 Å². The maximum atomic E-state index is 4.08. The fraction of sp³-hybridized carbons (Fsp3) is 0.250. The molecule has 2 heteroatoms. The Kier molecular flexibility index (Phi) is 2.63. The summed E-state index contributed by atoms with van der Waals surface area (Å²) < 4.78 is 2.15. The number of hydrogen-bond acceptors (Lipinski definition) is 1. The minimum absolute atomic E-state index is 0.415. The van der Waals surface area contributed by atoms with E-state index in [1.807, 2.05) is 24.8 Å². The normalized spacial score (nSPS) is 12.6. The van der Waals surface area contributed by atoms with Crippen LogP contribution in [0.2, 0.25) is 0 Å². The second kappa shape index (κ2) is 4.09. The van der Waals surface area contributed by atoms with E-state index in [0.29, 0.717) is 6.04 Å². The van der Waals surface area contributed by atoms with E-state index in [9.17, 15) is 0 Å². The average Bonchev–Trinajstić information content (AvgIpc) is 2.74. The van der Waals surface area contributed by atoms with Crippen molar-refractivity contribution in [1.29, 1.82) is 0 Å². The van der Waals surface area contributed by atoms with Crippen molar-refractivity contribution >= 4 is 0 Å². The Morgan fingerprint density at radius 1 is 1.29 bits per heavy atom. The van der Waals surface area contributed by atoms with Gasteiger partial charge in [-0.3, -0.25) is 0 Å². The molecule has 1 aromatic carbocycles. The summed E-state index contributed by atoms with van der Waals surface area (Å²) >= 11 is 0. The number of hydrogen-bond donors (Lipinski definition) is 0. The fourth-order valence-electron chi connectivity index (χ4n) is 1.75. The quantitative estimate of drug-likeness (QED) is 0.720. The summed E-state index contributed by atoms with van der Waals surface area (Å²) in [6.45, 7) is 2.19. The molecule has 0 radical (unpaired) electrons. The van der Waals surface area contributed by atoms with Crippen LogP contribution in [0.15, 0.2) is 49.1 Å². The van der Waals surface area contributed by atoms with Crippen LogP contribution in [-0.2, 0) is 0 Å². The third-order valence-electron chi connectivity index (χ3n) is 2.46. The largest absolute Gasteiger partial charge is 0.330 e. The van der Waals surface area contributed by atoms with Crippen molar-refractivity contribution in [2.75, 3.05) is 0 Å². The second-order valence-electron chi connectivity index (χ2n) is 3.34. The van der Waals surface area contributed by atoms with Gasteiger partial charge in [0.2, 0.25) is 0 Å². The summed E-state index contributed by atoms with van der Waals surface area (Å²) in [5.74, 6) is 0. The molecule has 0 spiro atoms. The number of rotatable bonds is 3. The Hall–Kier alpha value is -1.57. The van der Waals surface area contributed by atoms with Crippen molar-refractivity contribution in [1.82, 2.24) is 9.55 Å². The minimum atomic E-state index is 0.415. The molecular weight excluding hydrogens is 172 g/mol. The van der Waals surface area contributed by atoms with Crippen LogP contribution in [0.5, 0.6) is 0 Å². The lowest BCUT2D eigenvalue weighted by Crippen LogP contribution is -2.07. The van der Waals surface area contributed by atoms with Crippen LogP contribution in [-0.4, -0.2) is 9.55 Å². The third kappa shape index (κ3) is 1.69. The molecule has 0 fully saturated rings. The van der Waals surface area contributed by atoms with Gasteiger partial charge in [0, 0.05) is 12.4 Å². The van der Waals surface area contributed by atoms with Crippen LogP contribution >= 0.6 is 0 Å². The zero-order chi connectivity index (χ0) is 9.80. The molecule has 0 aliphatic heterocycles. The van der Waals surface area contributed by atoms with Crippen LogP contribution in [0.4, 0.5) is 0 Å². The summed E-state index contributed by atoms with van der Waals surface area (Å²) in [4.78, 5) is 4.08. The maximum absolute atomic E-state index is 4.08. The first kappa shape index (κ1) is 9.00. The van der Waals surface area contributed by atoms with E-state index in [0.717, 1.165) is 6.42 Å². The van der Waals surface area contributed by atoms with Crippen LogP contribution < -0.4 is 0 Å². The predicted octanol–water partition coefficient (Wildman–Crippen LogP) is 2.88. The van der Waals surface area contributed by atoms with Crippen LogP contribution in [0.3, 0.4) is 0 Å². The van der Waals surface area contributed by atoms with Gasteiger partial charge in [-0.25, -0.2) is 4.98 Å². The summed E-state index contributed by atoms with van der Waals surface area (Å²) in [6.07, 6.45) is 6.80. The summed E-state index contributed by atoms with van der Waals surface area (Å²) in [5, 5.41) is 0. The van der Waals surface area contributed by atoms with Crippen molar-refractivity contribution in [3.8, 4) is 0 Å². The zero-order valence-corrected chi connectivity index (χ0v) is 8.30. The van der Waals surface area contributed by atoms with E-state index in [1.165, 1.54) is 5.56 Å². The smallest absolute Gasteiger partial charge is 0.0951 e. The SMILES string of the molecule is CC[C@H](c1ccccc1)n1ccnc1. The van der Waals surface area contributed by atoms with Gasteiger partial charge in [-0.15, -0.1) is 0 Å². The number of nitrogens with zero attached hydrogens (tertiary/aromatic N) is 2. The molecule has 2 nitrogen and oxygen atoms in total. The molecule has 2 aromatic rings. The summed E-state index contributed by atoms with van der Waals surface area (Å²) in [5.41, 5.74) is 1.34. The lowest BCUT2D eigenvalue weighted by Gasteiger charge is -2.16. The highest BCUT2D eigenvalue weighted by Gasteiger charge is 2.09. The molecule has 0 bridgehead atoms. The molecule has 2 rings (SSSR count). The molecule has 72 valence electrons. The Morgan fingerprint density at radius 3 is 2.64 bits per heavy atom. The highest BCUT2D eigenvalue weighted by Crippen LogP contribution is 2.20. The van der Waals surface area contributed by atoms with Crippen molar-refractivity contribution in [2.45, 2.75) is 19.4 Å². The van der Waals surface area contributed by atoms with E-state index in [4.69, 9.17) is 0 Å². The molecule has 0 N–H and O–H groups in total. The van der Waals surface area contributed by atoms with Crippen LogP contribution in [0.25, 0.3) is 0 Å². The molecule has 1 heterocycles. The lowest BCUT2D eigenvalue weighted by atomic mass is 10.0. The molecule has 0 aliphatic carbocycles. The predicted molar refractivity (Wildman–Crippen MR) is 57.1 cm³/mol. The van der Waals surface area contributed by atoms with Crippen molar-refractivity contribution in [3.63, 3.8) is 0 Å². The summed E-state index contributed by atoms with van der Waals surface area (Å²) in [6, 6.07) is 10.9. The lowest BCUT2D eigenvalue weighted by molar-refractivity contribution is 0.566. The zero-order valence-electron chi connectivity index (χ0n) is 8.30. The van der Waals surface area contributed by atoms with Gasteiger partial charge in [0.1, 0.15) is 0 Å². The molecule has 0 saturated carbocycles. The van der Waals surface area contributed by atoms with E-state index < -0.39 is 0 Å². The molecular formula is C12H14N2. The second-order valence-corrected chi connectivity index (χ2v) is 3.34. The van der Waals surface area contributed by atoms with Gasteiger partial charge >= 0.3 is 0 Å². The molecule has 1 atom stereocenters. The highest BCUT2D eigenvalue weighted by atomic mass is 15.0. The van der Waals surface area contributed by atoms with Crippen molar-refractivity contribution in [2.24, 2.45) is 0 Å². The number of imidazole rings is 1. The molecule has 0 saturated heterocycles. The highest BCUT2D eigenvalue weighted by molar-refractivity contribution is 5.19. The van der Waals surface area contributed by atoms with Crippen LogP contribution in [0, 0.1) is 0 Å². The first-order valence-corrected chi connectivity index (χ1v) is 4.94. The fourth-order valence-corrected chi connectivity index (χ4v) is 1.75. The first-order valence-electron chi connectivity index (χ1n) is 4.94. The van der Waals surface area contributed by atoms with E-state index in [1.54, 1.807) is 0 Å². The van der Waals surface area contributed by atoms with Gasteiger partial charge in [-0.1, -0.05) is 37.3 Å². The monoisotopic (exact) mass is 186 g/mol. The minimum Gasteiger partial charge on any atom is -0.330 e. The van der Waals surface area contributed by atoms with Gasteiger partial charge in [0.05, 0.1) is 12.4 Å². The Balaban J connectivity index is 2.31. The molecule has 0 amide bonds. The average molecular weight is 186 g/mol. The van der Waals surface area contributed by atoms with E-state index in [-0.39, 0.29) is 0 Å². The summed E-state index contributed by atoms with van der Waals surface area (Å²) in [7, 11) is 0. The molecule has 14 heavy (non-hydrogen) atoms. The Labute approximate surface area is 84.2 Å². The van der Waals surface area contributed by atoms with Gasteiger partial charge in [0.15, 0.2) is 0 Å². The van der Waals surface area contributed by atoms with Gasteiger partial charge in [0.25, 0.3) is 0 Å². The molecule has 0 unspecified atom stereocenters. The third-order valence-corrected chi connectivity index (χ3v) is 2.46. The van der Waals surface area contributed by atoms with Gasteiger partial charge in [-0.05, 0) is 12.0 Å². The molecule has 1 aromatic heterocycles. The first-order chi connectivity index (χ1) is 6.92. The Morgan fingerprint density at radius 2 is 2.07 bits per heavy atom. The van der Waals surface area contributed by atoms with Crippen LogP contribution in [0.1, 0.15) is 24.9 Å². The van der Waals surface area contributed by atoms with Gasteiger partial charge in [-0.2, -0.15) is 0 Å². The topological polar surface area (TPSA) is 17.8 Å². The number of aromatic nitrogens is 2. The maximum Gasteiger partial charge on any atom is 0.0951 e. The Bertz CT molecular complexity index is 364. The number of benzene rings is 1. The van der Waals surface area contributed by atoms with Gasteiger partial charge < -0.3 is 4.57 Å². The molecule has 0 aliphatic rings. The standard InChI is InChI=1S/C12H14N2/c1-2-12(14-9-8-13-10-14)11-6-4-3-5-7-11/h3-10,12H,2H2,1H3/t12-/m1/s1. The van der Waals surface area contributed by atoms with Crippen molar-refractivity contribution < 1.29 is 0 Å².